The first-order valence-corrected chi connectivity index (χ1v) is 7.22. The van der Waals surface area contributed by atoms with E-state index >= 15 is 0 Å². The summed E-state index contributed by atoms with van der Waals surface area (Å²) < 4.78 is 24.8. The van der Waals surface area contributed by atoms with Crippen molar-refractivity contribution >= 4 is 17.1 Å². The van der Waals surface area contributed by atoms with Gasteiger partial charge in [-0.1, -0.05) is 12.2 Å². The monoisotopic (exact) mass is 303 g/mol. The molecule has 2 aromatic rings. The van der Waals surface area contributed by atoms with Crippen molar-refractivity contribution in [2.75, 3.05) is 13.7 Å². The van der Waals surface area contributed by atoms with Gasteiger partial charge in [-0.05, 0) is 18.9 Å². The van der Waals surface area contributed by atoms with E-state index < -0.39 is 5.82 Å². The number of methoxy groups -OCH3 is 1. The molecular formula is C16H18FN3O2. The number of halogens is 1. The standard InChI is InChI=1S/C16H18FN3O2/c1-21-15-7-6-14-16(20-15)12(13(17)8-19-14)5-4-11-3-2-10(18)9-22-11/h4-8,10-11H,2-3,9,18H2,1H3/b5-4+/t10-,11+/m1/s1. The summed E-state index contributed by atoms with van der Waals surface area (Å²) in [6.07, 6.45) is 6.44. The fourth-order valence-electron chi connectivity index (χ4n) is 2.46. The minimum Gasteiger partial charge on any atom is -0.481 e. The highest BCUT2D eigenvalue weighted by Gasteiger charge is 2.17. The molecule has 0 bridgehead atoms. The first-order valence-electron chi connectivity index (χ1n) is 7.22. The van der Waals surface area contributed by atoms with Gasteiger partial charge in [-0.3, -0.25) is 4.98 Å². The lowest BCUT2D eigenvalue weighted by atomic mass is 10.0. The Bertz CT molecular complexity index is 697. The van der Waals surface area contributed by atoms with Gasteiger partial charge >= 0.3 is 0 Å². The summed E-state index contributed by atoms with van der Waals surface area (Å²) in [6.45, 7) is 0.528. The van der Waals surface area contributed by atoms with Crippen molar-refractivity contribution in [1.29, 1.82) is 0 Å². The van der Waals surface area contributed by atoms with Crippen molar-refractivity contribution in [2.24, 2.45) is 5.73 Å². The van der Waals surface area contributed by atoms with Crippen LogP contribution in [-0.4, -0.2) is 35.8 Å². The van der Waals surface area contributed by atoms with Gasteiger partial charge in [-0.25, -0.2) is 9.37 Å². The highest BCUT2D eigenvalue weighted by molar-refractivity contribution is 5.84. The van der Waals surface area contributed by atoms with Crippen molar-refractivity contribution in [3.63, 3.8) is 0 Å². The minimum absolute atomic E-state index is 0.0481. The van der Waals surface area contributed by atoms with E-state index in [1.807, 2.05) is 6.08 Å². The Kier molecular flexibility index (Phi) is 4.31. The van der Waals surface area contributed by atoms with E-state index in [1.54, 1.807) is 18.2 Å². The Balaban J connectivity index is 1.93. The van der Waals surface area contributed by atoms with Crippen LogP contribution in [0.5, 0.6) is 5.88 Å². The number of nitrogens with zero attached hydrogens (tertiary/aromatic N) is 2. The van der Waals surface area contributed by atoms with E-state index in [1.165, 1.54) is 13.3 Å². The molecular weight excluding hydrogens is 285 g/mol. The summed E-state index contributed by atoms with van der Waals surface area (Å²) in [5, 5.41) is 0. The molecule has 0 aliphatic carbocycles. The smallest absolute Gasteiger partial charge is 0.213 e. The summed E-state index contributed by atoms with van der Waals surface area (Å²) >= 11 is 0. The molecule has 2 aromatic heterocycles. The molecule has 6 heteroatoms. The van der Waals surface area contributed by atoms with Crippen LogP contribution in [0.4, 0.5) is 4.39 Å². The molecule has 0 saturated carbocycles. The molecule has 2 atom stereocenters. The van der Waals surface area contributed by atoms with Crippen LogP contribution in [0, 0.1) is 5.82 Å². The van der Waals surface area contributed by atoms with Crippen molar-refractivity contribution in [3.05, 3.63) is 35.8 Å². The SMILES string of the molecule is COc1ccc2ncc(F)c(/C=C/[C@@H]3CC[C@@H](N)CO3)c2n1. The van der Waals surface area contributed by atoms with Crippen LogP contribution in [-0.2, 0) is 4.74 Å². The molecule has 1 aliphatic heterocycles. The van der Waals surface area contributed by atoms with Gasteiger partial charge in [0.1, 0.15) is 5.52 Å². The van der Waals surface area contributed by atoms with Crippen LogP contribution >= 0.6 is 0 Å². The number of ether oxygens (including phenoxy) is 2. The molecule has 0 aromatic carbocycles. The molecule has 3 heterocycles. The highest BCUT2D eigenvalue weighted by Crippen LogP contribution is 2.23. The third-order valence-corrected chi connectivity index (χ3v) is 3.71. The van der Waals surface area contributed by atoms with Gasteiger partial charge in [0.05, 0.1) is 31.5 Å². The van der Waals surface area contributed by atoms with Crippen LogP contribution in [0.25, 0.3) is 17.1 Å². The fourth-order valence-corrected chi connectivity index (χ4v) is 2.46. The maximum atomic E-state index is 14.1. The van der Waals surface area contributed by atoms with Crippen molar-refractivity contribution in [1.82, 2.24) is 9.97 Å². The lowest BCUT2D eigenvalue weighted by Gasteiger charge is -2.24. The van der Waals surface area contributed by atoms with Gasteiger partial charge in [0.15, 0.2) is 5.82 Å². The number of fused-ring (bicyclic) bond motifs is 1. The van der Waals surface area contributed by atoms with E-state index in [9.17, 15) is 4.39 Å². The van der Waals surface area contributed by atoms with E-state index in [0.717, 1.165) is 12.8 Å². The maximum Gasteiger partial charge on any atom is 0.213 e. The summed E-state index contributed by atoms with van der Waals surface area (Å²) in [5.41, 5.74) is 7.28. The highest BCUT2D eigenvalue weighted by atomic mass is 19.1. The van der Waals surface area contributed by atoms with Crippen molar-refractivity contribution in [3.8, 4) is 5.88 Å². The zero-order chi connectivity index (χ0) is 15.5. The van der Waals surface area contributed by atoms with E-state index in [2.05, 4.69) is 9.97 Å². The molecule has 5 nitrogen and oxygen atoms in total. The number of hydrogen-bond donors (Lipinski definition) is 1. The fraction of sp³-hybridized carbons (Fsp3) is 0.375. The van der Waals surface area contributed by atoms with E-state index in [4.69, 9.17) is 15.2 Å². The molecule has 0 radical (unpaired) electrons. The number of pyridine rings is 2. The largest absolute Gasteiger partial charge is 0.481 e. The van der Waals surface area contributed by atoms with Gasteiger partial charge in [0, 0.05) is 17.7 Å². The zero-order valence-electron chi connectivity index (χ0n) is 12.3. The second kappa shape index (κ2) is 6.37. The molecule has 3 rings (SSSR count). The van der Waals surface area contributed by atoms with Gasteiger partial charge in [-0.15, -0.1) is 0 Å². The average molecular weight is 303 g/mol. The molecule has 2 N–H and O–H groups in total. The average Bonchev–Trinajstić information content (AvgIpc) is 2.55. The lowest BCUT2D eigenvalue weighted by molar-refractivity contribution is 0.0349. The number of aromatic nitrogens is 2. The third kappa shape index (κ3) is 3.08. The molecule has 116 valence electrons. The van der Waals surface area contributed by atoms with Crippen molar-refractivity contribution in [2.45, 2.75) is 25.0 Å². The second-order valence-electron chi connectivity index (χ2n) is 5.31. The van der Waals surface area contributed by atoms with Crippen molar-refractivity contribution < 1.29 is 13.9 Å². The summed E-state index contributed by atoms with van der Waals surface area (Å²) in [6, 6.07) is 3.55. The zero-order valence-corrected chi connectivity index (χ0v) is 12.3. The Labute approximate surface area is 128 Å². The third-order valence-electron chi connectivity index (χ3n) is 3.71. The summed E-state index contributed by atoms with van der Waals surface area (Å²) in [7, 11) is 1.52. The summed E-state index contributed by atoms with van der Waals surface area (Å²) in [4.78, 5) is 8.34. The van der Waals surface area contributed by atoms with E-state index in [0.29, 0.717) is 29.1 Å². The molecule has 0 spiro atoms. The predicted molar refractivity (Wildman–Crippen MR) is 82.0 cm³/mol. The van der Waals surface area contributed by atoms with Crippen LogP contribution in [0.2, 0.25) is 0 Å². The van der Waals surface area contributed by atoms with Gasteiger partial charge < -0.3 is 15.2 Å². The predicted octanol–water partition coefficient (Wildman–Crippen LogP) is 2.30. The molecule has 1 fully saturated rings. The van der Waals surface area contributed by atoms with Crippen LogP contribution in [0.1, 0.15) is 18.4 Å². The molecule has 1 saturated heterocycles. The molecule has 0 amide bonds. The van der Waals surface area contributed by atoms with Crippen LogP contribution < -0.4 is 10.5 Å². The minimum atomic E-state index is -0.419. The quantitative estimate of drug-likeness (QED) is 0.942. The number of nitrogens with two attached hydrogens (primary N) is 1. The van der Waals surface area contributed by atoms with E-state index in [-0.39, 0.29) is 12.1 Å². The second-order valence-corrected chi connectivity index (χ2v) is 5.31. The molecule has 1 aliphatic rings. The maximum absolute atomic E-state index is 14.1. The molecule has 22 heavy (non-hydrogen) atoms. The van der Waals surface area contributed by atoms with Gasteiger partial charge in [0.25, 0.3) is 0 Å². The van der Waals surface area contributed by atoms with Gasteiger partial charge in [-0.2, -0.15) is 0 Å². The van der Waals surface area contributed by atoms with Crippen LogP contribution in [0.3, 0.4) is 0 Å². The molecule has 0 unspecified atom stereocenters. The van der Waals surface area contributed by atoms with Gasteiger partial charge in [0.2, 0.25) is 5.88 Å². The normalized spacial score (nSPS) is 22.3. The Morgan fingerprint density at radius 3 is 3.00 bits per heavy atom. The van der Waals surface area contributed by atoms with Crippen LogP contribution in [0.15, 0.2) is 24.4 Å². The first-order chi connectivity index (χ1) is 10.7. The number of rotatable bonds is 3. The lowest BCUT2D eigenvalue weighted by Crippen LogP contribution is -2.34. The Morgan fingerprint density at radius 2 is 2.27 bits per heavy atom. The summed E-state index contributed by atoms with van der Waals surface area (Å²) in [5.74, 6) is 0.00598. The topological polar surface area (TPSA) is 70.3 Å². The first kappa shape index (κ1) is 14.9. The number of hydrogen-bond acceptors (Lipinski definition) is 5. The Morgan fingerprint density at radius 1 is 1.41 bits per heavy atom. The Hall–Kier alpha value is -2.05.